The van der Waals surface area contributed by atoms with Crippen molar-refractivity contribution in [3.8, 4) is 0 Å². The molecule has 0 saturated carbocycles. The summed E-state index contributed by atoms with van der Waals surface area (Å²) in [6.07, 6.45) is -3.05. The quantitative estimate of drug-likeness (QED) is 0.833. The molecule has 0 unspecified atom stereocenters. The van der Waals surface area contributed by atoms with E-state index in [0.717, 1.165) is 4.90 Å². The van der Waals surface area contributed by atoms with Crippen LogP contribution in [0.15, 0.2) is 18.3 Å². The molecule has 0 saturated heterocycles. The van der Waals surface area contributed by atoms with Crippen molar-refractivity contribution in [1.82, 2.24) is 10.3 Å². The SMILES string of the molecule is CNC(=O)c1cc(N(CCN)CC(F)(F)F)ccn1. The lowest BCUT2D eigenvalue weighted by atomic mass is 10.2. The third-order valence-electron chi connectivity index (χ3n) is 2.34. The molecule has 106 valence electrons. The number of pyridine rings is 1. The van der Waals surface area contributed by atoms with Gasteiger partial charge >= 0.3 is 6.18 Å². The molecule has 5 nitrogen and oxygen atoms in total. The van der Waals surface area contributed by atoms with Crippen molar-refractivity contribution in [2.45, 2.75) is 6.18 Å². The second-order valence-electron chi connectivity index (χ2n) is 3.80. The maximum Gasteiger partial charge on any atom is 0.405 e. The zero-order valence-electron chi connectivity index (χ0n) is 10.4. The number of rotatable bonds is 5. The van der Waals surface area contributed by atoms with Gasteiger partial charge in [0.25, 0.3) is 5.91 Å². The Kier molecular flexibility index (Phi) is 5.11. The lowest BCUT2D eigenvalue weighted by Gasteiger charge is -2.25. The maximum absolute atomic E-state index is 12.5. The molecule has 19 heavy (non-hydrogen) atoms. The van der Waals surface area contributed by atoms with E-state index < -0.39 is 18.6 Å². The van der Waals surface area contributed by atoms with E-state index in [9.17, 15) is 18.0 Å². The molecule has 0 aromatic carbocycles. The second-order valence-corrected chi connectivity index (χ2v) is 3.80. The number of carbonyl (C=O) groups excluding carboxylic acids is 1. The van der Waals surface area contributed by atoms with Crippen LogP contribution in [-0.2, 0) is 0 Å². The molecule has 1 heterocycles. The van der Waals surface area contributed by atoms with Crippen molar-refractivity contribution < 1.29 is 18.0 Å². The number of hydrogen-bond donors (Lipinski definition) is 2. The molecule has 1 rings (SSSR count). The highest BCUT2D eigenvalue weighted by molar-refractivity contribution is 5.92. The lowest BCUT2D eigenvalue weighted by molar-refractivity contribution is -0.119. The van der Waals surface area contributed by atoms with Crippen molar-refractivity contribution in [2.24, 2.45) is 5.73 Å². The summed E-state index contributed by atoms with van der Waals surface area (Å²) < 4.78 is 37.4. The van der Waals surface area contributed by atoms with Gasteiger partial charge in [0.2, 0.25) is 0 Å². The lowest BCUT2D eigenvalue weighted by Crippen LogP contribution is -2.37. The Balaban J connectivity index is 2.99. The first-order valence-electron chi connectivity index (χ1n) is 5.57. The monoisotopic (exact) mass is 276 g/mol. The predicted octanol–water partition coefficient (Wildman–Crippen LogP) is 0.769. The molecule has 0 spiro atoms. The molecule has 0 bridgehead atoms. The van der Waals surface area contributed by atoms with Crippen LogP contribution < -0.4 is 16.0 Å². The summed E-state index contributed by atoms with van der Waals surface area (Å²) in [5.41, 5.74) is 5.63. The summed E-state index contributed by atoms with van der Waals surface area (Å²) in [6.45, 7) is -1.01. The fourth-order valence-corrected chi connectivity index (χ4v) is 1.54. The number of anilines is 1. The molecule has 0 atom stereocenters. The third kappa shape index (κ3) is 4.74. The number of nitrogens with one attached hydrogen (secondary N) is 1. The Labute approximate surface area is 108 Å². The van der Waals surface area contributed by atoms with Gasteiger partial charge in [0.15, 0.2) is 0 Å². The average Bonchev–Trinajstić information content (AvgIpc) is 2.36. The molecule has 3 N–H and O–H groups in total. The van der Waals surface area contributed by atoms with E-state index in [-0.39, 0.29) is 24.5 Å². The first-order chi connectivity index (χ1) is 8.87. The first-order valence-corrected chi connectivity index (χ1v) is 5.57. The minimum Gasteiger partial charge on any atom is -0.361 e. The van der Waals surface area contributed by atoms with Gasteiger partial charge in [-0.2, -0.15) is 13.2 Å². The molecule has 0 aliphatic heterocycles. The van der Waals surface area contributed by atoms with Gasteiger partial charge in [0, 0.05) is 32.0 Å². The standard InChI is InChI=1S/C11H15F3N4O/c1-16-10(19)9-6-8(2-4-17-9)18(5-3-15)7-11(12,13)14/h2,4,6H,3,5,7,15H2,1H3,(H,16,19). The molecule has 0 radical (unpaired) electrons. The Bertz CT molecular complexity index is 436. The third-order valence-corrected chi connectivity index (χ3v) is 2.34. The summed E-state index contributed by atoms with van der Waals surface area (Å²) in [5, 5.41) is 2.36. The highest BCUT2D eigenvalue weighted by atomic mass is 19.4. The van der Waals surface area contributed by atoms with Crippen molar-refractivity contribution in [2.75, 3.05) is 31.6 Å². The molecule has 0 aliphatic carbocycles. The van der Waals surface area contributed by atoms with E-state index >= 15 is 0 Å². The molecule has 1 aromatic heterocycles. The van der Waals surface area contributed by atoms with E-state index in [0.29, 0.717) is 0 Å². The summed E-state index contributed by atoms with van der Waals surface area (Å²) in [5.74, 6) is -0.457. The Morgan fingerprint density at radius 3 is 2.74 bits per heavy atom. The van der Waals surface area contributed by atoms with Gasteiger partial charge in [0.05, 0.1) is 0 Å². The summed E-state index contributed by atoms with van der Waals surface area (Å²) >= 11 is 0. The van der Waals surface area contributed by atoms with Gasteiger partial charge in [-0.15, -0.1) is 0 Å². The zero-order chi connectivity index (χ0) is 14.5. The molecule has 0 aliphatic rings. The van der Waals surface area contributed by atoms with Gasteiger partial charge in [-0.25, -0.2) is 0 Å². The Morgan fingerprint density at radius 1 is 1.53 bits per heavy atom. The van der Waals surface area contributed by atoms with Crippen LogP contribution in [0.5, 0.6) is 0 Å². The van der Waals surface area contributed by atoms with Crippen LogP contribution in [0.2, 0.25) is 0 Å². The minimum absolute atomic E-state index is 0.0384. The van der Waals surface area contributed by atoms with Crippen molar-refractivity contribution in [3.05, 3.63) is 24.0 Å². The topological polar surface area (TPSA) is 71.2 Å². The van der Waals surface area contributed by atoms with Crippen molar-refractivity contribution in [1.29, 1.82) is 0 Å². The van der Waals surface area contributed by atoms with Crippen LogP contribution in [0.1, 0.15) is 10.5 Å². The van der Waals surface area contributed by atoms with Gasteiger partial charge in [-0.1, -0.05) is 0 Å². The molecule has 0 fully saturated rings. The summed E-state index contributed by atoms with van der Waals surface area (Å²) in [7, 11) is 1.42. The fourth-order valence-electron chi connectivity index (χ4n) is 1.54. The molecular formula is C11H15F3N4O. The average molecular weight is 276 g/mol. The first kappa shape index (κ1) is 15.2. The number of alkyl halides is 3. The number of nitrogens with zero attached hydrogens (tertiary/aromatic N) is 2. The zero-order valence-corrected chi connectivity index (χ0v) is 10.4. The van der Waals surface area contributed by atoms with Gasteiger partial charge in [-0.05, 0) is 12.1 Å². The second kappa shape index (κ2) is 6.37. The fraction of sp³-hybridized carbons (Fsp3) is 0.455. The van der Waals surface area contributed by atoms with Gasteiger partial charge in [-0.3, -0.25) is 9.78 Å². The van der Waals surface area contributed by atoms with E-state index in [4.69, 9.17) is 5.73 Å². The summed E-state index contributed by atoms with van der Waals surface area (Å²) in [6, 6.07) is 2.72. The Hall–Kier alpha value is -1.83. The molecule has 1 aromatic rings. The van der Waals surface area contributed by atoms with Gasteiger partial charge < -0.3 is 16.0 Å². The van der Waals surface area contributed by atoms with Crippen LogP contribution in [0, 0.1) is 0 Å². The minimum atomic E-state index is -4.34. The largest absolute Gasteiger partial charge is 0.405 e. The van der Waals surface area contributed by atoms with Crippen molar-refractivity contribution >= 4 is 11.6 Å². The normalized spacial score (nSPS) is 11.2. The number of nitrogens with two attached hydrogens (primary N) is 1. The van der Waals surface area contributed by atoms with Crippen LogP contribution in [-0.4, -0.2) is 43.7 Å². The smallest absolute Gasteiger partial charge is 0.361 e. The molecule has 8 heteroatoms. The maximum atomic E-state index is 12.5. The van der Waals surface area contributed by atoms with Gasteiger partial charge in [0.1, 0.15) is 12.2 Å². The van der Waals surface area contributed by atoms with E-state index in [1.54, 1.807) is 0 Å². The molecular weight excluding hydrogens is 261 g/mol. The number of hydrogen-bond acceptors (Lipinski definition) is 4. The van der Waals surface area contributed by atoms with Crippen LogP contribution in [0.3, 0.4) is 0 Å². The summed E-state index contributed by atoms with van der Waals surface area (Å²) in [4.78, 5) is 16.3. The van der Waals surface area contributed by atoms with E-state index in [2.05, 4.69) is 10.3 Å². The van der Waals surface area contributed by atoms with Crippen LogP contribution in [0.25, 0.3) is 0 Å². The predicted molar refractivity (Wildman–Crippen MR) is 64.9 cm³/mol. The highest BCUT2D eigenvalue weighted by Gasteiger charge is 2.30. The van der Waals surface area contributed by atoms with Crippen molar-refractivity contribution in [3.63, 3.8) is 0 Å². The number of amides is 1. The Morgan fingerprint density at radius 2 is 2.21 bits per heavy atom. The van der Waals surface area contributed by atoms with E-state index in [1.165, 1.54) is 25.4 Å². The number of aromatic nitrogens is 1. The highest BCUT2D eigenvalue weighted by Crippen LogP contribution is 2.22. The molecule has 1 amide bonds. The van der Waals surface area contributed by atoms with Crippen LogP contribution >= 0.6 is 0 Å². The van der Waals surface area contributed by atoms with Crippen LogP contribution in [0.4, 0.5) is 18.9 Å². The number of carbonyl (C=O) groups is 1. The van der Waals surface area contributed by atoms with E-state index in [1.807, 2.05) is 0 Å². The number of halogens is 3.